The van der Waals surface area contributed by atoms with Gasteiger partial charge in [-0.3, -0.25) is 0 Å². The summed E-state index contributed by atoms with van der Waals surface area (Å²) in [6.45, 7) is -0.273. The van der Waals surface area contributed by atoms with Gasteiger partial charge in [0.05, 0.1) is 11.4 Å². The molecule has 3 aromatic carbocycles. The molecule has 0 saturated heterocycles. The second-order valence-corrected chi connectivity index (χ2v) is 7.32. The Hall–Kier alpha value is -2.95. The van der Waals surface area contributed by atoms with Crippen molar-refractivity contribution in [2.75, 3.05) is 13.2 Å². The van der Waals surface area contributed by atoms with Crippen LogP contribution in [0.5, 0.6) is 5.75 Å². The second-order valence-electron chi connectivity index (χ2n) is 5.55. The van der Waals surface area contributed by atoms with E-state index in [9.17, 15) is 17.2 Å². The van der Waals surface area contributed by atoms with Crippen LogP contribution in [-0.2, 0) is 10.0 Å². The number of halogens is 2. The molecule has 0 unspecified atom stereocenters. The number of fused-ring (bicyclic) bond motifs is 1. The molecule has 4 nitrogen and oxygen atoms in total. The van der Waals surface area contributed by atoms with Gasteiger partial charge in [0.25, 0.3) is 0 Å². The van der Waals surface area contributed by atoms with Crippen molar-refractivity contribution < 1.29 is 21.9 Å². The van der Waals surface area contributed by atoms with Crippen molar-refractivity contribution in [2.24, 2.45) is 0 Å². The first-order valence-corrected chi connectivity index (χ1v) is 9.46. The summed E-state index contributed by atoms with van der Waals surface area (Å²) in [7, 11) is -3.70. The van der Waals surface area contributed by atoms with Gasteiger partial charge in [-0.1, -0.05) is 42.2 Å². The summed E-state index contributed by atoms with van der Waals surface area (Å²) in [6, 6.07) is 15.2. The van der Waals surface area contributed by atoms with Crippen molar-refractivity contribution in [1.29, 1.82) is 0 Å². The van der Waals surface area contributed by atoms with E-state index in [4.69, 9.17) is 4.74 Å². The van der Waals surface area contributed by atoms with Crippen molar-refractivity contribution in [3.63, 3.8) is 0 Å². The Kier molecular flexibility index (Phi) is 5.69. The zero-order valence-electron chi connectivity index (χ0n) is 14.1. The molecule has 1 N–H and O–H groups in total. The molecular weight excluding hydrogens is 372 g/mol. The highest BCUT2D eigenvalue weighted by molar-refractivity contribution is 7.89. The fraction of sp³-hybridized carbons (Fsp3) is 0.100. The van der Waals surface area contributed by atoms with Gasteiger partial charge in [-0.2, -0.15) is 4.72 Å². The van der Waals surface area contributed by atoms with E-state index in [2.05, 4.69) is 16.6 Å². The lowest BCUT2D eigenvalue weighted by molar-refractivity contribution is 0.346. The first kappa shape index (κ1) is 18.8. The molecule has 0 spiro atoms. The predicted octanol–water partition coefficient (Wildman–Crippen LogP) is 3.48. The predicted molar refractivity (Wildman–Crippen MR) is 98.8 cm³/mol. The third-order valence-electron chi connectivity index (χ3n) is 3.70. The highest BCUT2D eigenvalue weighted by Crippen LogP contribution is 2.19. The van der Waals surface area contributed by atoms with Crippen molar-refractivity contribution >= 4 is 20.8 Å². The van der Waals surface area contributed by atoms with Crippen molar-refractivity contribution in [2.45, 2.75) is 4.90 Å². The van der Waals surface area contributed by atoms with Gasteiger partial charge in [0.2, 0.25) is 10.0 Å². The van der Waals surface area contributed by atoms with E-state index in [0.717, 1.165) is 22.9 Å². The normalized spacial score (nSPS) is 11.0. The number of sulfonamides is 1. The van der Waals surface area contributed by atoms with E-state index in [0.29, 0.717) is 6.07 Å². The van der Waals surface area contributed by atoms with E-state index in [-0.39, 0.29) is 23.8 Å². The van der Waals surface area contributed by atoms with Crippen LogP contribution in [0.1, 0.15) is 0 Å². The molecule has 3 aromatic rings. The molecule has 0 aromatic heterocycles. The molecule has 0 aliphatic rings. The largest absolute Gasteiger partial charge is 0.478 e. The molecule has 7 heteroatoms. The molecule has 27 heavy (non-hydrogen) atoms. The Labute approximate surface area is 155 Å². The van der Waals surface area contributed by atoms with Crippen LogP contribution < -0.4 is 9.46 Å². The lowest BCUT2D eigenvalue weighted by atomic mass is 10.1. The standard InChI is InChI=1S/C20H15F2NO3S/c21-17-8-10-20(19(22)14-17)26-12-4-3-11-23-27(24,25)18-9-7-15-5-1-2-6-16(15)13-18/h1-2,5-10,13-14,23H,11-12H2. The van der Waals surface area contributed by atoms with Gasteiger partial charge in [-0.25, -0.2) is 17.2 Å². The van der Waals surface area contributed by atoms with Gasteiger partial charge in [-0.05, 0) is 35.0 Å². The van der Waals surface area contributed by atoms with E-state index in [1.165, 1.54) is 6.07 Å². The van der Waals surface area contributed by atoms with Crippen LogP contribution >= 0.6 is 0 Å². The molecule has 0 aliphatic heterocycles. The van der Waals surface area contributed by atoms with Gasteiger partial charge < -0.3 is 4.74 Å². The third kappa shape index (κ3) is 4.82. The molecule has 0 aliphatic carbocycles. The molecule has 0 fully saturated rings. The maximum Gasteiger partial charge on any atom is 0.241 e. The first-order chi connectivity index (χ1) is 13.0. The van der Waals surface area contributed by atoms with Crippen LogP contribution in [0, 0.1) is 23.5 Å². The van der Waals surface area contributed by atoms with Gasteiger partial charge in [0.1, 0.15) is 12.4 Å². The summed E-state index contributed by atoms with van der Waals surface area (Å²) in [5.74, 6) is 3.51. The highest BCUT2D eigenvalue weighted by Gasteiger charge is 2.13. The average Bonchev–Trinajstić information content (AvgIpc) is 2.65. The molecule has 0 radical (unpaired) electrons. The maximum atomic E-state index is 13.4. The Balaban J connectivity index is 1.57. The molecule has 0 atom stereocenters. The van der Waals surface area contributed by atoms with Gasteiger partial charge in [0.15, 0.2) is 11.6 Å². The number of ether oxygens (including phenoxy) is 1. The summed E-state index contributed by atoms with van der Waals surface area (Å²) >= 11 is 0. The van der Waals surface area contributed by atoms with Crippen molar-refractivity contribution in [1.82, 2.24) is 4.72 Å². The molecule has 0 saturated carbocycles. The summed E-state index contributed by atoms with van der Waals surface area (Å²) < 4.78 is 58.2. The lowest BCUT2D eigenvalue weighted by Gasteiger charge is -2.05. The summed E-state index contributed by atoms with van der Waals surface area (Å²) in [5.41, 5.74) is 0. The van der Waals surface area contributed by atoms with E-state index < -0.39 is 21.7 Å². The molecule has 3 rings (SSSR count). The molecule has 0 heterocycles. The summed E-state index contributed by atoms with van der Waals surface area (Å²) in [5, 5.41) is 1.77. The number of benzene rings is 3. The van der Waals surface area contributed by atoms with E-state index >= 15 is 0 Å². The molecule has 138 valence electrons. The Morgan fingerprint density at radius 2 is 1.70 bits per heavy atom. The third-order valence-corrected chi connectivity index (χ3v) is 5.10. The fourth-order valence-electron chi connectivity index (χ4n) is 2.37. The second kappa shape index (κ2) is 8.16. The topological polar surface area (TPSA) is 55.4 Å². The SMILES string of the molecule is O=S(=O)(NCC#CCOc1ccc(F)cc1F)c1ccc2ccccc2c1. The quantitative estimate of drug-likeness (QED) is 0.682. The minimum absolute atomic E-state index is 0.121. The van der Waals surface area contributed by atoms with Crippen LogP contribution in [0.4, 0.5) is 8.78 Å². The zero-order chi connectivity index (χ0) is 19.3. The van der Waals surface area contributed by atoms with Crippen LogP contribution in [0.3, 0.4) is 0 Å². The first-order valence-electron chi connectivity index (χ1n) is 7.98. The highest BCUT2D eigenvalue weighted by atomic mass is 32.2. The van der Waals surface area contributed by atoms with Crippen LogP contribution in [0.2, 0.25) is 0 Å². The summed E-state index contributed by atoms with van der Waals surface area (Å²) in [6.07, 6.45) is 0. The minimum atomic E-state index is -3.70. The molecule has 0 amide bonds. The van der Waals surface area contributed by atoms with Crippen LogP contribution in [0.15, 0.2) is 65.6 Å². The summed E-state index contributed by atoms with van der Waals surface area (Å²) in [4.78, 5) is 0.146. The van der Waals surface area contributed by atoms with Gasteiger partial charge in [0, 0.05) is 6.07 Å². The Bertz CT molecular complexity index is 1130. The number of rotatable bonds is 5. The monoisotopic (exact) mass is 387 g/mol. The zero-order valence-corrected chi connectivity index (χ0v) is 14.9. The lowest BCUT2D eigenvalue weighted by Crippen LogP contribution is -2.24. The fourth-order valence-corrected chi connectivity index (χ4v) is 3.33. The van der Waals surface area contributed by atoms with Gasteiger partial charge in [-0.15, -0.1) is 0 Å². The number of hydrogen-bond donors (Lipinski definition) is 1. The maximum absolute atomic E-state index is 13.4. The van der Waals surface area contributed by atoms with E-state index in [1.54, 1.807) is 12.1 Å². The van der Waals surface area contributed by atoms with E-state index in [1.807, 2.05) is 24.3 Å². The Morgan fingerprint density at radius 1 is 0.926 bits per heavy atom. The number of hydrogen-bond acceptors (Lipinski definition) is 3. The van der Waals surface area contributed by atoms with Gasteiger partial charge >= 0.3 is 0 Å². The van der Waals surface area contributed by atoms with Crippen LogP contribution in [-0.4, -0.2) is 21.6 Å². The molecular formula is C20H15F2NO3S. The minimum Gasteiger partial charge on any atom is -0.478 e. The smallest absolute Gasteiger partial charge is 0.241 e. The van der Waals surface area contributed by atoms with Crippen molar-refractivity contribution in [3.05, 3.63) is 72.3 Å². The van der Waals surface area contributed by atoms with Crippen molar-refractivity contribution in [3.8, 4) is 17.6 Å². The average molecular weight is 387 g/mol. The Morgan fingerprint density at radius 3 is 2.48 bits per heavy atom. The number of nitrogens with one attached hydrogen (secondary N) is 1. The molecule has 0 bridgehead atoms. The van der Waals surface area contributed by atoms with Crippen LogP contribution in [0.25, 0.3) is 10.8 Å².